The standard InChI is InChI=1S/C18H30O5Si4.C8H21F3O3Si3.C6H20O3Si3/c1-24(2,19)21-26(5,6)23-27(22-25(3,4)20,17-13-9-7-10-14-17)18-15-11-8-12-16-18;1-15(2)13-17(5,14-16(3,4)12)7-6-8(9,10)11;1-10(2)8-12(5,6)9-11(3,4)7/h7-16,19-20H,1-6H3;12,15H,6-7H2,1-5H3;7,10H,1-6H3. The summed E-state index contributed by atoms with van der Waals surface area (Å²) in [5, 5.41) is 1.82. The van der Waals surface area contributed by atoms with E-state index in [0.29, 0.717) is 0 Å². The Balaban J connectivity index is 0.000000894. The molecule has 2 aromatic rings. The molecule has 0 amide bonds. The average molecular weight is 970 g/mol. The van der Waals surface area contributed by atoms with Gasteiger partial charge in [-0.2, -0.15) is 13.2 Å². The van der Waals surface area contributed by atoms with E-state index in [4.69, 9.17) is 28.8 Å². The molecule has 2 rings (SSSR count). The first-order chi connectivity index (χ1) is 24.8. The van der Waals surface area contributed by atoms with Gasteiger partial charge in [0.1, 0.15) is 0 Å². The van der Waals surface area contributed by atoms with E-state index < -0.39 is 99.2 Å². The first-order valence-corrected chi connectivity index (χ1v) is 45.7. The summed E-state index contributed by atoms with van der Waals surface area (Å²) in [7, 11) is -24.5. The lowest BCUT2D eigenvalue weighted by Gasteiger charge is -2.42. The normalized spacial score (nSPS) is 14.8. The van der Waals surface area contributed by atoms with Crippen molar-refractivity contribution in [3.63, 3.8) is 0 Å². The Morgan fingerprint density at radius 2 is 0.821 bits per heavy atom. The molecule has 0 fully saturated rings. The van der Waals surface area contributed by atoms with Gasteiger partial charge in [0.15, 0.2) is 18.1 Å². The molecule has 0 heterocycles. The predicted octanol–water partition coefficient (Wildman–Crippen LogP) is 6.50. The zero-order valence-corrected chi connectivity index (χ0v) is 46.9. The highest BCUT2D eigenvalue weighted by Crippen LogP contribution is 2.29. The van der Waals surface area contributed by atoms with Crippen LogP contribution in [0.3, 0.4) is 0 Å². The van der Waals surface area contributed by atoms with Gasteiger partial charge in [-0.1, -0.05) is 60.7 Å². The third kappa shape index (κ3) is 26.9. The van der Waals surface area contributed by atoms with Gasteiger partial charge in [0.05, 0.1) is 0 Å². The van der Waals surface area contributed by atoms with E-state index in [1.54, 1.807) is 45.8 Å². The van der Waals surface area contributed by atoms with Crippen molar-refractivity contribution in [2.24, 2.45) is 0 Å². The molecule has 4 N–H and O–H groups in total. The van der Waals surface area contributed by atoms with Gasteiger partial charge in [0.25, 0.3) is 0 Å². The predicted molar refractivity (Wildman–Crippen MR) is 244 cm³/mol. The van der Waals surface area contributed by atoms with Crippen molar-refractivity contribution in [3.8, 4) is 0 Å². The second-order valence-electron chi connectivity index (χ2n) is 17.0. The lowest BCUT2D eigenvalue weighted by Crippen LogP contribution is -2.71. The lowest BCUT2D eigenvalue weighted by atomic mass is 10.4. The number of hydrogen-bond donors (Lipinski definition) is 4. The quantitative estimate of drug-likeness (QED) is 0.122. The zero-order valence-electron chi connectivity index (χ0n) is 36.6. The summed E-state index contributed by atoms with van der Waals surface area (Å²) in [5.41, 5.74) is 0. The topological polar surface area (TPSA) is 146 Å². The van der Waals surface area contributed by atoms with Crippen molar-refractivity contribution in [1.82, 2.24) is 0 Å². The second kappa shape index (κ2) is 22.2. The van der Waals surface area contributed by atoms with Crippen molar-refractivity contribution in [2.75, 3.05) is 0 Å². The molecule has 0 bridgehead atoms. The van der Waals surface area contributed by atoms with Crippen LogP contribution in [-0.2, 0) is 28.8 Å². The summed E-state index contributed by atoms with van der Waals surface area (Å²) in [5.74, 6) is 0. The van der Waals surface area contributed by atoms with Crippen molar-refractivity contribution < 1.29 is 61.2 Å². The van der Waals surface area contributed by atoms with Gasteiger partial charge < -0.3 is 48.0 Å². The molecule has 0 saturated carbocycles. The summed E-state index contributed by atoms with van der Waals surface area (Å²) in [6.45, 7) is 31.0. The van der Waals surface area contributed by atoms with Gasteiger partial charge in [-0.05, 0) is 128 Å². The minimum Gasteiger partial charge on any atom is -0.440 e. The van der Waals surface area contributed by atoms with Crippen LogP contribution >= 0.6 is 0 Å². The largest absolute Gasteiger partial charge is 0.440 e. The molecule has 1 unspecified atom stereocenters. The Kier molecular flexibility index (Phi) is 22.2. The van der Waals surface area contributed by atoms with Crippen LogP contribution in [0.15, 0.2) is 60.7 Å². The third-order valence-electron chi connectivity index (χ3n) is 6.41. The van der Waals surface area contributed by atoms with E-state index in [0.717, 1.165) is 10.4 Å². The van der Waals surface area contributed by atoms with Crippen molar-refractivity contribution in [1.29, 1.82) is 0 Å². The Bertz CT molecular complexity index is 1370. The monoisotopic (exact) mass is 968 g/mol. The third-order valence-corrected chi connectivity index (χ3v) is 35.7. The van der Waals surface area contributed by atoms with Gasteiger partial charge >= 0.3 is 74.7 Å². The number of hydrogen-bond acceptors (Lipinski definition) is 11. The fourth-order valence-electron chi connectivity index (χ4n) is 5.78. The van der Waals surface area contributed by atoms with Gasteiger partial charge in [-0.15, -0.1) is 0 Å². The summed E-state index contributed by atoms with van der Waals surface area (Å²) < 4.78 is 78.3. The molecule has 0 radical (unpaired) electrons. The highest BCUT2D eigenvalue weighted by Gasteiger charge is 2.52. The van der Waals surface area contributed by atoms with Gasteiger partial charge in [-0.25, -0.2) is 0 Å². The molecule has 0 saturated heterocycles. The first kappa shape index (κ1) is 56.0. The zero-order chi connectivity index (χ0) is 44.2. The van der Waals surface area contributed by atoms with Crippen LogP contribution in [0.2, 0.25) is 117 Å². The highest BCUT2D eigenvalue weighted by molar-refractivity contribution is 7.01. The maximum Gasteiger partial charge on any atom is 0.389 e. The maximum absolute atomic E-state index is 12.2. The van der Waals surface area contributed by atoms with Crippen molar-refractivity contribution in [3.05, 3.63) is 60.7 Å². The van der Waals surface area contributed by atoms with E-state index in [2.05, 4.69) is 13.1 Å². The molecule has 1 atom stereocenters. The van der Waals surface area contributed by atoms with Crippen molar-refractivity contribution >= 4 is 96.9 Å². The molecule has 11 nitrogen and oxygen atoms in total. The molecule has 24 heteroatoms. The molecule has 2 aromatic carbocycles. The fourth-order valence-corrected chi connectivity index (χ4v) is 41.2. The summed E-state index contributed by atoms with van der Waals surface area (Å²) >= 11 is 0. The van der Waals surface area contributed by atoms with Crippen LogP contribution in [-0.4, -0.2) is 112 Å². The van der Waals surface area contributed by atoms with Gasteiger partial charge in [0.2, 0.25) is 0 Å². The molecule has 0 spiro atoms. The maximum atomic E-state index is 12.2. The average Bonchev–Trinajstić information content (AvgIpc) is 2.91. The Labute approximate surface area is 346 Å². The van der Waals surface area contributed by atoms with E-state index in [-0.39, 0.29) is 6.04 Å². The molecule has 326 valence electrons. The van der Waals surface area contributed by atoms with E-state index in [1.807, 2.05) is 99.9 Å². The number of benzene rings is 2. The minimum absolute atomic E-state index is 0.154. The molecule has 0 aromatic heterocycles. The van der Waals surface area contributed by atoms with E-state index in [9.17, 15) is 32.4 Å². The molecular weight excluding hydrogens is 898 g/mol. The lowest BCUT2D eigenvalue weighted by molar-refractivity contribution is -0.131. The van der Waals surface area contributed by atoms with Crippen LogP contribution in [0.5, 0.6) is 0 Å². The molecular formula is C32H71F3O11Si10. The molecule has 56 heavy (non-hydrogen) atoms. The molecule has 0 aliphatic heterocycles. The number of alkyl halides is 3. The number of halogens is 3. The summed E-state index contributed by atoms with van der Waals surface area (Å²) in [6, 6.07) is 19.4. The molecule has 0 aliphatic rings. The SMILES string of the molecule is C[SiH](C)O[Si](C)(C)O[Si](C)(C)O.C[SiH](C)O[Si](C)(CCC(F)(F)F)O[Si](C)(C)O.C[Si](C)(O)O[Si](C)(C)O[Si](O[Si](C)(C)O)(c1ccccc1)c1ccccc1. The molecule has 0 aliphatic carbocycles. The van der Waals surface area contributed by atoms with E-state index >= 15 is 0 Å². The second-order valence-corrected chi connectivity index (χ2v) is 49.5. The Hall–Kier alpha value is -0.0412. The van der Waals surface area contributed by atoms with Gasteiger partial charge in [-0.3, -0.25) is 0 Å². The first-order valence-electron chi connectivity index (χ1n) is 18.7. The Morgan fingerprint density at radius 1 is 0.482 bits per heavy atom. The summed E-state index contributed by atoms with van der Waals surface area (Å²) in [6.07, 6.45) is -5.12. The van der Waals surface area contributed by atoms with Gasteiger partial charge in [0, 0.05) is 6.42 Å². The highest BCUT2D eigenvalue weighted by atomic mass is 28.5. The van der Waals surface area contributed by atoms with E-state index in [1.165, 1.54) is 13.1 Å². The number of rotatable bonds is 18. The smallest absolute Gasteiger partial charge is 0.389 e. The van der Waals surface area contributed by atoms with Crippen LogP contribution in [0.25, 0.3) is 0 Å². The summed E-state index contributed by atoms with van der Waals surface area (Å²) in [4.78, 5) is 40.3. The minimum atomic E-state index is -4.21. The Morgan fingerprint density at radius 3 is 1.12 bits per heavy atom. The van der Waals surface area contributed by atoms with Crippen molar-refractivity contribution in [2.45, 2.75) is 130 Å². The fraction of sp³-hybridized carbons (Fsp3) is 0.625. The van der Waals surface area contributed by atoms with Crippen LogP contribution in [0.4, 0.5) is 13.2 Å². The van der Waals surface area contributed by atoms with Crippen LogP contribution in [0, 0.1) is 0 Å². The van der Waals surface area contributed by atoms with Crippen LogP contribution in [0.1, 0.15) is 6.42 Å². The van der Waals surface area contributed by atoms with Crippen LogP contribution < -0.4 is 10.4 Å².